The van der Waals surface area contributed by atoms with Crippen LogP contribution in [0.3, 0.4) is 0 Å². The normalized spacial score (nSPS) is 18.4. The lowest BCUT2D eigenvalue weighted by atomic mass is 10.2. The largest absolute Gasteiger partial charge is 0.409 e. The summed E-state index contributed by atoms with van der Waals surface area (Å²) in [6.07, 6.45) is 1.66. The summed E-state index contributed by atoms with van der Waals surface area (Å²) in [6.45, 7) is 1.35. The van der Waals surface area contributed by atoms with Crippen LogP contribution in [0.4, 0.5) is 5.82 Å². The van der Waals surface area contributed by atoms with Crippen LogP contribution in [0, 0.1) is 0 Å². The number of amidine groups is 1. The number of aromatic nitrogens is 1. The van der Waals surface area contributed by atoms with Crippen LogP contribution in [0.5, 0.6) is 0 Å². The lowest BCUT2D eigenvalue weighted by Crippen LogP contribution is -2.39. The molecule has 1 saturated heterocycles. The molecule has 0 spiro atoms. The third-order valence-electron chi connectivity index (χ3n) is 2.65. The monoisotopic (exact) mass is 254 g/mol. The summed E-state index contributed by atoms with van der Waals surface area (Å²) < 4.78 is 11.3. The summed E-state index contributed by atoms with van der Waals surface area (Å²) in [7, 11) is -0.734. The van der Waals surface area contributed by atoms with Gasteiger partial charge in [0.1, 0.15) is 5.82 Å². The summed E-state index contributed by atoms with van der Waals surface area (Å²) in [6, 6.07) is 3.49. The molecule has 0 saturated carbocycles. The van der Waals surface area contributed by atoms with Gasteiger partial charge in [-0.2, -0.15) is 0 Å². The zero-order valence-electron chi connectivity index (χ0n) is 9.24. The molecular weight excluding hydrogens is 240 g/mol. The highest BCUT2D eigenvalue weighted by Crippen LogP contribution is 2.18. The molecule has 0 bridgehead atoms. The minimum absolute atomic E-state index is 0.0415. The third kappa shape index (κ3) is 2.55. The molecule has 1 aromatic heterocycles. The van der Waals surface area contributed by atoms with Gasteiger partial charge in [0.25, 0.3) is 0 Å². The lowest BCUT2D eigenvalue weighted by molar-refractivity contribution is 0.318. The van der Waals surface area contributed by atoms with Crippen molar-refractivity contribution in [1.82, 2.24) is 4.98 Å². The molecule has 0 amide bonds. The average molecular weight is 254 g/mol. The number of hydrogen-bond acceptors (Lipinski definition) is 5. The molecule has 1 aliphatic heterocycles. The van der Waals surface area contributed by atoms with Gasteiger partial charge in [-0.15, -0.1) is 0 Å². The molecule has 2 heterocycles. The molecule has 0 unspecified atom stereocenters. The van der Waals surface area contributed by atoms with Crippen LogP contribution < -0.4 is 10.6 Å². The Morgan fingerprint density at radius 1 is 1.53 bits per heavy atom. The van der Waals surface area contributed by atoms with E-state index in [1.54, 1.807) is 18.3 Å². The Morgan fingerprint density at radius 3 is 2.88 bits per heavy atom. The maximum Gasteiger partial charge on any atom is 0.173 e. The van der Waals surface area contributed by atoms with Crippen molar-refractivity contribution in [2.45, 2.75) is 0 Å². The van der Waals surface area contributed by atoms with E-state index in [-0.39, 0.29) is 5.84 Å². The molecule has 0 aromatic carbocycles. The number of pyridine rings is 1. The first-order valence-corrected chi connectivity index (χ1v) is 6.74. The van der Waals surface area contributed by atoms with Crippen LogP contribution in [0.25, 0.3) is 0 Å². The van der Waals surface area contributed by atoms with Crippen LogP contribution in [-0.2, 0) is 10.8 Å². The van der Waals surface area contributed by atoms with Gasteiger partial charge >= 0.3 is 0 Å². The van der Waals surface area contributed by atoms with Crippen molar-refractivity contribution in [3.63, 3.8) is 0 Å². The van der Waals surface area contributed by atoms with Gasteiger partial charge in [0, 0.05) is 41.6 Å². The van der Waals surface area contributed by atoms with Crippen molar-refractivity contribution in [3.8, 4) is 0 Å². The highest BCUT2D eigenvalue weighted by atomic mass is 32.2. The molecule has 7 heteroatoms. The van der Waals surface area contributed by atoms with E-state index in [0.717, 1.165) is 0 Å². The maximum absolute atomic E-state index is 11.3. The molecular formula is C10H14N4O2S. The van der Waals surface area contributed by atoms with Gasteiger partial charge in [-0.1, -0.05) is 5.16 Å². The van der Waals surface area contributed by atoms with Crippen LogP contribution in [0.1, 0.15) is 5.56 Å². The molecule has 17 heavy (non-hydrogen) atoms. The molecule has 0 atom stereocenters. The van der Waals surface area contributed by atoms with Crippen molar-refractivity contribution >= 4 is 22.5 Å². The Balaban J connectivity index is 2.29. The number of oxime groups is 1. The summed E-state index contributed by atoms with van der Waals surface area (Å²) >= 11 is 0. The van der Waals surface area contributed by atoms with Gasteiger partial charge in [-0.25, -0.2) is 4.98 Å². The summed E-state index contributed by atoms with van der Waals surface area (Å²) in [4.78, 5) is 6.26. The first kappa shape index (κ1) is 11.8. The Hall–Kier alpha value is -1.63. The van der Waals surface area contributed by atoms with Gasteiger partial charge in [-0.3, -0.25) is 4.21 Å². The molecule has 0 aliphatic carbocycles. The predicted octanol–water partition coefficient (Wildman–Crippen LogP) is -0.255. The van der Waals surface area contributed by atoms with Gasteiger partial charge in [-0.05, 0) is 12.1 Å². The number of nitrogens with two attached hydrogens (primary N) is 1. The fraction of sp³-hybridized carbons (Fsp3) is 0.400. The minimum atomic E-state index is -0.734. The fourth-order valence-electron chi connectivity index (χ4n) is 1.75. The summed E-state index contributed by atoms with van der Waals surface area (Å²) in [5.74, 6) is 1.98. The quantitative estimate of drug-likeness (QED) is 0.328. The molecule has 1 aliphatic rings. The minimum Gasteiger partial charge on any atom is -0.409 e. The van der Waals surface area contributed by atoms with E-state index >= 15 is 0 Å². The highest BCUT2D eigenvalue weighted by molar-refractivity contribution is 7.85. The molecule has 0 radical (unpaired) electrons. The van der Waals surface area contributed by atoms with Crippen LogP contribution in [0.2, 0.25) is 0 Å². The van der Waals surface area contributed by atoms with Gasteiger partial charge < -0.3 is 15.8 Å². The number of nitrogens with zero attached hydrogens (tertiary/aromatic N) is 3. The Bertz CT molecular complexity index is 453. The second-order valence-electron chi connectivity index (χ2n) is 3.69. The van der Waals surface area contributed by atoms with Crippen molar-refractivity contribution in [2.24, 2.45) is 10.9 Å². The van der Waals surface area contributed by atoms with Gasteiger partial charge in [0.15, 0.2) is 5.84 Å². The summed E-state index contributed by atoms with van der Waals surface area (Å²) in [5, 5.41) is 11.7. The summed E-state index contributed by atoms with van der Waals surface area (Å²) in [5.41, 5.74) is 6.20. The fourth-order valence-corrected chi connectivity index (χ4v) is 2.80. The molecule has 3 N–H and O–H groups in total. The van der Waals surface area contributed by atoms with E-state index in [0.29, 0.717) is 36.0 Å². The number of anilines is 1. The van der Waals surface area contributed by atoms with Crippen LogP contribution in [0.15, 0.2) is 23.5 Å². The lowest BCUT2D eigenvalue weighted by Gasteiger charge is -2.28. The maximum atomic E-state index is 11.3. The van der Waals surface area contributed by atoms with E-state index < -0.39 is 10.8 Å². The smallest absolute Gasteiger partial charge is 0.173 e. The Morgan fingerprint density at radius 2 is 2.24 bits per heavy atom. The van der Waals surface area contributed by atoms with E-state index in [1.165, 1.54) is 0 Å². The van der Waals surface area contributed by atoms with Crippen LogP contribution >= 0.6 is 0 Å². The van der Waals surface area contributed by atoms with Gasteiger partial charge in [0.2, 0.25) is 0 Å². The van der Waals surface area contributed by atoms with E-state index in [1.807, 2.05) is 4.90 Å². The Kier molecular flexibility index (Phi) is 3.58. The van der Waals surface area contributed by atoms with Crippen molar-refractivity contribution in [1.29, 1.82) is 0 Å². The SMILES string of the molecule is NC(=NO)c1cccnc1N1CCS(=O)CC1. The van der Waals surface area contributed by atoms with E-state index in [2.05, 4.69) is 10.1 Å². The van der Waals surface area contributed by atoms with Gasteiger partial charge in [0.05, 0.1) is 5.56 Å². The first-order valence-electron chi connectivity index (χ1n) is 5.25. The molecule has 2 rings (SSSR count). The molecule has 1 aromatic rings. The second-order valence-corrected chi connectivity index (χ2v) is 5.39. The Labute approximate surface area is 102 Å². The van der Waals surface area contributed by atoms with Crippen molar-refractivity contribution in [3.05, 3.63) is 23.9 Å². The third-order valence-corrected chi connectivity index (χ3v) is 3.92. The number of rotatable bonds is 2. The predicted molar refractivity (Wildman–Crippen MR) is 66.8 cm³/mol. The van der Waals surface area contributed by atoms with E-state index in [4.69, 9.17) is 10.9 Å². The molecule has 1 fully saturated rings. The molecule has 6 nitrogen and oxygen atoms in total. The zero-order valence-corrected chi connectivity index (χ0v) is 10.1. The van der Waals surface area contributed by atoms with Crippen molar-refractivity contribution < 1.29 is 9.42 Å². The standard InChI is InChI=1S/C10H14N4O2S/c11-9(13-15)8-2-1-3-12-10(8)14-4-6-17(16)7-5-14/h1-3,15H,4-7H2,(H2,11,13). The van der Waals surface area contributed by atoms with E-state index in [9.17, 15) is 4.21 Å². The number of hydrogen-bond donors (Lipinski definition) is 2. The second kappa shape index (κ2) is 5.13. The van der Waals surface area contributed by atoms with Crippen LogP contribution in [-0.4, -0.2) is 44.8 Å². The topological polar surface area (TPSA) is 91.8 Å². The zero-order chi connectivity index (χ0) is 12.3. The van der Waals surface area contributed by atoms with Crippen molar-refractivity contribution in [2.75, 3.05) is 29.5 Å². The first-order chi connectivity index (χ1) is 8.22. The average Bonchev–Trinajstić information content (AvgIpc) is 2.39. The highest BCUT2D eigenvalue weighted by Gasteiger charge is 2.20. The molecule has 92 valence electrons.